The fraction of sp³-hybridized carbons (Fsp3) is 0.591. The highest BCUT2D eigenvalue weighted by Gasteiger charge is 2.17. The molecule has 2 heteroatoms. The molecule has 0 aliphatic heterocycles. The van der Waals surface area contributed by atoms with Gasteiger partial charge in [0.2, 0.25) is 0 Å². The van der Waals surface area contributed by atoms with E-state index in [1.54, 1.807) is 0 Å². The zero-order chi connectivity index (χ0) is 17.4. The first-order valence-electron chi connectivity index (χ1n) is 9.66. The van der Waals surface area contributed by atoms with Gasteiger partial charge in [-0.2, -0.15) is 0 Å². The van der Waals surface area contributed by atoms with E-state index in [1.165, 1.54) is 56.1 Å². The molecule has 1 aliphatic rings. The highest BCUT2D eigenvalue weighted by Crippen LogP contribution is 2.34. The topological polar surface area (TPSA) is 26.3 Å². The molecule has 0 fully saturated rings. The Morgan fingerprint density at radius 1 is 1.17 bits per heavy atom. The third-order valence-electron chi connectivity index (χ3n) is 5.40. The minimum atomic E-state index is -0.181. The predicted octanol–water partition coefficient (Wildman–Crippen LogP) is 6.40. The van der Waals surface area contributed by atoms with Gasteiger partial charge in [0.25, 0.3) is 0 Å². The molecule has 1 aromatic rings. The van der Waals surface area contributed by atoms with Crippen molar-refractivity contribution in [1.29, 1.82) is 0 Å². The maximum Gasteiger partial charge on any atom is 0.310 e. The van der Waals surface area contributed by atoms with Crippen LogP contribution in [0.15, 0.2) is 30.3 Å². The van der Waals surface area contributed by atoms with E-state index < -0.39 is 0 Å². The van der Waals surface area contributed by atoms with Gasteiger partial charge in [-0.05, 0) is 60.8 Å². The molecule has 1 unspecified atom stereocenters. The molecule has 0 radical (unpaired) electrons. The van der Waals surface area contributed by atoms with E-state index >= 15 is 0 Å². The van der Waals surface area contributed by atoms with Crippen molar-refractivity contribution in [3.63, 3.8) is 0 Å². The number of carbonyl (C=O) groups is 1. The minimum Gasteiger partial charge on any atom is -0.427 e. The number of esters is 1. The number of benzene rings is 1. The van der Waals surface area contributed by atoms with Crippen LogP contribution in [0.2, 0.25) is 0 Å². The van der Waals surface area contributed by atoms with Crippen LogP contribution < -0.4 is 4.74 Å². The van der Waals surface area contributed by atoms with Gasteiger partial charge in [0, 0.05) is 6.42 Å². The first-order chi connectivity index (χ1) is 11.7. The van der Waals surface area contributed by atoms with Crippen molar-refractivity contribution >= 4 is 11.5 Å². The van der Waals surface area contributed by atoms with Gasteiger partial charge in [-0.1, -0.05) is 58.2 Å². The van der Waals surface area contributed by atoms with E-state index in [2.05, 4.69) is 32.1 Å². The zero-order valence-electron chi connectivity index (χ0n) is 15.5. The van der Waals surface area contributed by atoms with Crippen LogP contribution in [0.5, 0.6) is 5.75 Å². The lowest BCUT2D eigenvalue weighted by Gasteiger charge is -2.24. The van der Waals surface area contributed by atoms with Crippen LogP contribution in [-0.2, 0) is 4.79 Å². The Morgan fingerprint density at radius 2 is 1.88 bits per heavy atom. The lowest BCUT2D eigenvalue weighted by Crippen LogP contribution is -2.08. The summed E-state index contributed by atoms with van der Waals surface area (Å²) in [5.74, 6) is 2.23. The molecule has 0 saturated carbocycles. The Balaban J connectivity index is 1.86. The first-order valence-corrected chi connectivity index (χ1v) is 9.66. The van der Waals surface area contributed by atoms with Crippen LogP contribution in [0.3, 0.4) is 0 Å². The third-order valence-corrected chi connectivity index (χ3v) is 5.40. The van der Waals surface area contributed by atoms with Gasteiger partial charge >= 0.3 is 5.97 Å². The molecule has 2 rings (SSSR count). The Bertz CT molecular complexity index is 538. The summed E-state index contributed by atoms with van der Waals surface area (Å²) in [6.45, 7) is 6.44. The van der Waals surface area contributed by atoms with Crippen LogP contribution in [0.25, 0.3) is 5.57 Å². The van der Waals surface area contributed by atoms with Crippen LogP contribution in [0.1, 0.15) is 77.7 Å². The molecule has 0 amide bonds. The van der Waals surface area contributed by atoms with Crippen molar-refractivity contribution in [3.8, 4) is 5.75 Å². The van der Waals surface area contributed by atoms with Crippen molar-refractivity contribution in [2.45, 2.75) is 72.1 Å². The summed E-state index contributed by atoms with van der Waals surface area (Å²) in [7, 11) is 0. The van der Waals surface area contributed by atoms with Crippen LogP contribution in [0, 0.1) is 11.8 Å². The molecule has 0 heterocycles. The molecular weight excluding hydrogens is 296 g/mol. The molecule has 1 aliphatic carbocycles. The molecule has 0 spiro atoms. The zero-order valence-corrected chi connectivity index (χ0v) is 15.5. The Kier molecular flexibility index (Phi) is 7.55. The van der Waals surface area contributed by atoms with E-state index in [4.69, 9.17) is 4.74 Å². The van der Waals surface area contributed by atoms with Gasteiger partial charge < -0.3 is 4.74 Å². The summed E-state index contributed by atoms with van der Waals surface area (Å²) in [4.78, 5) is 11.3. The Hall–Kier alpha value is -1.57. The van der Waals surface area contributed by atoms with Crippen molar-refractivity contribution in [3.05, 3.63) is 35.9 Å². The minimum absolute atomic E-state index is 0.181. The molecular formula is C22H32O2. The number of ether oxygens (including phenoxy) is 1. The van der Waals surface area contributed by atoms with E-state index in [1.807, 2.05) is 19.1 Å². The summed E-state index contributed by atoms with van der Waals surface area (Å²) in [5.41, 5.74) is 2.71. The fourth-order valence-electron chi connectivity index (χ4n) is 3.52. The van der Waals surface area contributed by atoms with Crippen LogP contribution in [0.4, 0.5) is 0 Å². The van der Waals surface area contributed by atoms with Gasteiger partial charge in [0.15, 0.2) is 0 Å². The lowest BCUT2D eigenvalue weighted by molar-refractivity contribution is -0.134. The highest BCUT2D eigenvalue weighted by molar-refractivity contribution is 5.72. The van der Waals surface area contributed by atoms with E-state index in [-0.39, 0.29) is 5.97 Å². The highest BCUT2D eigenvalue weighted by atomic mass is 16.5. The number of hydrogen-bond donors (Lipinski definition) is 0. The lowest BCUT2D eigenvalue weighted by atomic mass is 9.82. The van der Waals surface area contributed by atoms with Gasteiger partial charge in [0.05, 0.1) is 0 Å². The van der Waals surface area contributed by atoms with Crippen LogP contribution in [-0.4, -0.2) is 5.97 Å². The maximum atomic E-state index is 11.3. The number of rotatable bonds is 8. The summed E-state index contributed by atoms with van der Waals surface area (Å²) in [6, 6.07) is 7.97. The third kappa shape index (κ3) is 5.51. The van der Waals surface area contributed by atoms with Crippen molar-refractivity contribution in [2.24, 2.45) is 11.8 Å². The molecule has 0 N–H and O–H groups in total. The Morgan fingerprint density at radius 3 is 2.42 bits per heavy atom. The number of allylic oxidation sites excluding steroid dienone is 2. The average molecular weight is 328 g/mol. The fourth-order valence-corrected chi connectivity index (χ4v) is 3.52. The van der Waals surface area contributed by atoms with Gasteiger partial charge in [-0.3, -0.25) is 4.79 Å². The van der Waals surface area contributed by atoms with Crippen molar-refractivity contribution < 1.29 is 9.53 Å². The largest absolute Gasteiger partial charge is 0.427 e. The quantitative estimate of drug-likeness (QED) is 0.407. The Labute approximate surface area is 147 Å². The summed E-state index contributed by atoms with van der Waals surface area (Å²) < 4.78 is 5.24. The van der Waals surface area contributed by atoms with Gasteiger partial charge in [0.1, 0.15) is 5.75 Å². The van der Waals surface area contributed by atoms with Gasteiger partial charge in [-0.25, -0.2) is 0 Å². The second-order valence-corrected chi connectivity index (χ2v) is 6.98. The van der Waals surface area contributed by atoms with E-state index in [0.717, 1.165) is 11.8 Å². The molecule has 24 heavy (non-hydrogen) atoms. The van der Waals surface area contributed by atoms with E-state index in [9.17, 15) is 4.79 Å². The summed E-state index contributed by atoms with van der Waals surface area (Å²) in [6.07, 6.45) is 11.9. The average Bonchev–Trinajstić information content (AvgIpc) is 2.63. The number of hydrogen-bond acceptors (Lipinski definition) is 2. The second kappa shape index (κ2) is 9.66. The number of carbonyl (C=O) groups excluding carboxylic acids is 1. The molecule has 132 valence electrons. The first kappa shape index (κ1) is 18.8. The molecule has 0 aromatic heterocycles. The standard InChI is InChI=1S/C22H32O2/c1-4-17(5-2)7-8-18-9-11-19(12-10-18)20-13-15-21(16-14-20)24-22(23)6-3/h11,13-18H,4-10,12H2,1-3H3. The van der Waals surface area contributed by atoms with Crippen molar-refractivity contribution in [1.82, 2.24) is 0 Å². The summed E-state index contributed by atoms with van der Waals surface area (Å²) >= 11 is 0. The molecule has 1 aromatic carbocycles. The van der Waals surface area contributed by atoms with Crippen LogP contribution >= 0.6 is 0 Å². The normalized spacial score (nSPS) is 17.7. The van der Waals surface area contributed by atoms with Crippen molar-refractivity contribution in [2.75, 3.05) is 0 Å². The maximum absolute atomic E-state index is 11.3. The molecule has 2 nitrogen and oxygen atoms in total. The second-order valence-electron chi connectivity index (χ2n) is 6.98. The summed E-state index contributed by atoms with van der Waals surface area (Å²) in [5, 5.41) is 0. The SMILES string of the molecule is CCC(=O)Oc1ccc(C2=CCC(CCC(CC)CC)CC2)cc1. The molecule has 0 saturated heterocycles. The predicted molar refractivity (Wildman–Crippen MR) is 101 cm³/mol. The van der Waals surface area contributed by atoms with E-state index in [0.29, 0.717) is 12.2 Å². The molecule has 1 atom stereocenters. The smallest absolute Gasteiger partial charge is 0.310 e. The van der Waals surface area contributed by atoms with Gasteiger partial charge in [-0.15, -0.1) is 0 Å². The monoisotopic (exact) mass is 328 g/mol. The molecule has 0 bridgehead atoms.